The van der Waals surface area contributed by atoms with Crippen LogP contribution in [0.4, 0.5) is 0 Å². The van der Waals surface area contributed by atoms with E-state index in [1.54, 1.807) is 24.3 Å². The molecule has 1 aliphatic heterocycles. The molecule has 0 fully saturated rings. The molecule has 0 aliphatic carbocycles. The molecule has 24 heavy (non-hydrogen) atoms. The molecule has 1 amide bonds. The van der Waals surface area contributed by atoms with Crippen LogP contribution in [0.15, 0.2) is 41.4 Å². The number of halogens is 1. The van der Waals surface area contributed by atoms with Gasteiger partial charge in [0.1, 0.15) is 0 Å². The zero-order valence-electron chi connectivity index (χ0n) is 12.8. The van der Waals surface area contributed by atoms with Crippen LogP contribution >= 0.6 is 22.9 Å². The first-order chi connectivity index (χ1) is 11.7. The molecule has 0 saturated carbocycles. The second kappa shape index (κ2) is 5.96. The SMILES string of the molecule is CCn1c(=NC(=O)c2cccc(Cl)c2)sc2cc3c(cc21)OCO3. The third-order valence-corrected chi connectivity index (χ3v) is 5.04. The number of rotatable bonds is 2. The normalized spacial score (nSPS) is 13.7. The number of aryl methyl sites for hydroxylation is 1. The highest BCUT2D eigenvalue weighted by atomic mass is 35.5. The maximum atomic E-state index is 12.4. The number of fused-ring (bicyclic) bond motifs is 2. The van der Waals surface area contributed by atoms with Crippen molar-refractivity contribution in [2.75, 3.05) is 6.79 Å². The molecule has 0 atom stereocenters. The molecule has 122 valence electrons. The predicted octanol–water partition coefficient (Wildman–Crippen LogP) is 3.85. The Hall–Kier alpha value is -2.31. The first-order valence-corrected chi connectivity index (χ1v) is 8.63. The van der Waals surface area contributed by atoms with Gasteiger partial charge in [0.25, 0.3) is 5.91 Å². The largest absolute Gasteiger partial charge is 0.454 e. The van der Waals surface area contributed by atoms with Crippen molar-refractivity contribution in [3.05, 3.63) is 51.8 Å². The van der Waals surface area contributed by atoms with Gasteiger partial charge in [0.05, 0.1) is 10.2 Å². The van der Waals surface area contributed by atoms with Gasteiger partial charge in [-0.2, -0.15) is 4.99 Å². The molecule has 7 heteroatoms. The van der Waals surface area contributed by atoms with E-state index in [1.807, 2.05) is 23.6 Å². The van der Waals surface area contributed by atoms with Crippen LogP contribution < -0.4 is 14.3 Å². The van der Waals surface area contributed by atoms with Crippen LogP contribution in [0, 0.1) is 0 Å². The van der Waals surface area contributed by atoms with Crippen LogP contribution in [-0.2, 0) is 6.54 Å². The highest BCUT2D eigenvalue weighted by Gasteiger charge is 2.17. The second-order valence-corrected chi connectivity index (χ2v) is 6.67. The van der Waals surface area contributed by atoms with Crippen LogP contribution in [0.3, 0.4) is 0 Å². The van der Waals surface area contributed by atoms with E-state index in [0.29, 0.717) is 21.9 Å². The zero-order valence-corrected chi connectivity index (χ0v) is 14.4. The molecule has 1 aliphatic rings. The predicted molar refractivity (Wildman–Crippen MR) is 93.0 cm³/mol. The van der Waals surface area contributed by atoms with Crippen LogP contribution in [-0.4, -0.2) is 17.3 Å². The Kier molecular flexibility index (Phi) is 3.78. The van der Waals surface area contributed by atoms with Crippen molar-refractivity contribution in [2.24, 2.45) is 4.99 Å². The minimum Gasteiger partial charge on any atom is -0.454 e. The Balaban J connectivity index is 1.85. The number of thiazole rings is 1. The molecule has 5 nitrogen and oxygen atoms in total. The molecule has 0 N–H and O–H groups in total. The molecule has 0 saturated heterocycles. The van der Waals surface area contributed by atoms with E-state index in [0.717, 1.165) is 21.7 Å². The number of aromatic nitrogens is 1. The smallest absolute Gasteiger partial charge is 0.279 e. The maximum absolute atomic E-state index is 12.4. The lowest BCUT2D eigenvalue weighted by atomic mass is 10.2. The Morgan fingerprint density at radius 1 is 1.29 bits per heavy atom. The van der Waals surface area contributed by atoms with Gasteiger partial charge in [0.15, 0.2) is 16.3 Å². The summed E-state index contributed by atoms with van der Waals surface area (Å²) in [6.45, 7) is 2.95. The lowest BCUT2D eigenvalue weighted by Gasteiger charge is -2.01. The van der Waals surface area contributed by atoms with Crippen LogP contribution in [0.2, 0.25) is 5.02 Å². The van der Waals surface area contributed by atoms with Crippen molar-refractivity contribution in [3.63, 3.8) is 0 Å². The number of ether oxygens (including phenoxy) is 2. The molecule has 4 rings (SSSR count). The summed E-state index contributed by atoms with van der Waals surface area (Å²) >= 11 is 7.40. The van der Waals surface area contributed by atoms with Gasteiger partial charge in [-0.1, -0.05) is 29.0 Å². The molecule has 1 aromatic heterocycles. The van der Waals surface area contributed by atoms with Gasteiger partial charge in [0, 0.05) is 29.3 Å². The van der Waals surface area contributed by atoms with Crippen LogP contribution in [0.1, 0.15) is 17.3 Å². The molecule has 0 bridgehead atoms. The van der Waals surface area contributed by atoms with Crippen LogP contribution in [0.25, 0.3) is 10.2 Å². The number of nitrogens with zero attached hydrogens (tertiary/aromatic N) is 2. The molecule has 0 radical (unpaired) electrons. The highest BCUT2D eigenvalue weighted by Crippen LogP contribution is 2.36. The summed E-state index contributed by atoms with van der Waals surface area (Å²) in [5.74, 6) is 1.13. The van der Waals surface area contributed by atoms with E-state index < -0.39 is 0 Å². The quantitative estimate of drug-likeness (QED) is 0.697. The first kappa shape index (κ1) is 15.2. The van der Waals surface area contributed by atoms with Crippen molar-refractivity contribution in [1.29, 1.82) is 0 Å². The summed E-state index contributed by atoms with van der Waals surface area (Å²) in [6.07, 6.45) is 0. The fourth-order valence-corrected chi connectivity index (χ4v) is 3.92. The van der Waals surface area contributed by atoms with Gasteiger partial charge in [-0.05, 0) is 25.1 Å². The fourth-order valence-electron chi connectivity index (χ4n) is 2.62. The van der Waals surface area contributed by atoms with E-state index in [2.05, 4.69) is 4.99 Å². The summed E-state index contributed by atoms with van der Waals surface area (Å²) < 4.78 is 13.8. The van der Waals surface area contributed by atoms with Crippen molar-refractivity contribution >= 4 is 39.1 Å². The number of amides is 1. The lowest BCUT2D eigenvalue weighted by Crippen LogP contribution is -2.15. The first-order valence-electron chi connectivity index (χ1n) is 7.43. The summed E-state index contributed by atoms with van der Waals surface area (Å²) in [7, 11) is 0. The van der Waals surface area contributed by atoms with Gasteiger partial charge in [-0.25, -0.2) is 0 Å². The average molecular weight is 361 g/mol. The molecule has 2 heterocycles. The van der Waals surface area contributed by atoms with Crippen molar-refractivity contribution in [1.82, 2.24) is 4.57 Å². The maximum Gasteiger partial charge on any atom is 0.279 e. The zero-order chi connectivity index (χ0) is 16.7. The van der Waals surface area contributed by atoms with E-state index >= 15 is 0 Å². The summed E-state index contributed by atoms with van der Waals surface area (Å²) in [5, 5.41) is 0.515. The number of benzene rings is 2. The van der Waals surface area contributed by atoms with Gasteiger partial charge in [0.2, 0.25) is 6.79 Å². The van der Waals surface area contributed by atoms with Gasteiger partial charge >= 0.3 is 0 Å². The van der Waals surface area contributed by atoms with Crippen molar-refractivity contribution < 1.29 is 14.3 Å². The number of hydrogen-bond acceptors (Lipinski definition) is 4. The number of carbonyl (C=O) groups is 1. The topological polar surface area (TPSA) is 52.8 Å². The summed E-state index contributed by atoms with van der Waals surface area (Å²) in [4.78, 5) is 17.4. The second-order valence-electron chi connectivity index (χ2n) is 5.23. The van der Waals surface area contributed by atoms with E-state index in [4.69, 9.17) is 21.1 Å². The molecular formula is C17H13ClN2O3S. The fraction of sp³-hybridized carbons (Fsp3) is 0.176. The van der Waals surface area contributed by atoms with E-state index in [1.165, 1.54) is 11.3 Å². The van der Waals surface area contributed by atoms with E-state index in [9.17, 15) is 4.79 Å². The summed E-state index contributed by atoms with van der Waals surface area (Å²) in [5.41, 5.74) is 1.45. The van der Waals surface area contributed by atoms with Crippen LogP contribution in [0.5, 0.6) is 11.5 Å². The average Bonchev–Trinajstić information content (AvgIpc) is 3.15. The van der Waals surface area contributed by atoms with Gasteiger partial charge < -0.3 is 14.0 Å². The molecule has 0 unspecified atom stereocenters. The minimum absolute atomic E-state index is 0.239. The lowest BCUT2D eigenvalue weighted by molar-refractivity contribution is 0.0998. The van der Waals surface area contributed by atoms with Gasteiger partial charge in [-0.3, -0.25) is 4.79 Å². The van der Waals surface area contributed by atoms with Crippen molar-refractivity contribution in [3.8, 4) is 11.5 Å². The highest BCUT2D eigenvalue weighted by molar-refractivity contribution is 7.16. The molecule has 3 aromatic rings. The Morgan fingerprint density at radius 3 is 2.83 bits per heavy atom. The third kappa shape index (κ3) is 2.57. The molecular weight excluding hydrogens is 348 g/mol. The third-order valence-electron chi connectivity index (χ3n) is 3.76. The molecule has 0 spiro atoms. The van der Waals surface area contributed by atoms with E-state index in [-0.39, 0.29) is 12.7 Å². The number of hydrogen-bond donors (Lipinski definition) is 0. The monoisotopic (exact) mass is 360 g/mol. The summed E-state index contributed by atoms with van der Waals surface area (Å²) in [6, 6.07) is 10.7. The Bertz CT molecular complexity index is 1020. The number of carbonyl (C=O) groups excluding carboxylic acids is 1. The molecule has 2 aromatic carbocycles. The van der Waals surface area contributed by atoms with Gasteiger partial charge in [-0.15, -0.1) is 0 Å². The van der Waals surface area contributed by atoms with Crippen molar-refractivity contribution in [2.45, 2.75) is 13.5 Å². The minimum atomic E-state index is -0.314. The Morgan fingerprint density at radius 2 is 2.08 bits per heavy atom. The Labute approximate surface area is 146 Å². The standard InChI is InChI=1S/C17H13ClN2O3S/c1-2-20-12-7-13-14(23-9-22-13)8-15(12)24-17(20)19-16(21)10-4-3-5-11(18)6-10/h3-8H,2,9H2,1H3.